The van der Waals surface area contributed by atoms with Crippen LogP contribution in [0.25, 0.3) is 0 Å². The maximum atomic E-state index is 14.4. The normalized spacial score (nSPS) is 16.1. The number of amides is 1. The average Bonchev–Trinajstić information content (AvgIpc) is 2.80. The lowest BCUT2D eigenvalue weighted by molar-refractivity contribution is -0.141. The van der Waals surface area contributed by atoms with Crippen molar-refractivity contribution in [3.05, 3.63) is 58.5 Å². The lowest BCUT2D eigenvalue weighted by Gasteiger charge is -2.33. The van der Waals surface area contributed by atoms with Crippen LogP contribution < -0.4 is 14.9 Å². The number of sulfonamides is 1. The molecule has 1 saturated heterocycles. The zero-order chi connectivity index (χ0) is 26.7. The second-order valence-electron chi connectivity index (χ2n) is 9.23. The Bertz CT molecular complexity index is 1200. The summed E-state index contributed by atoms with van der Waals surface area (Å²) >= 11 is 0. The summed E-state index contributed by atoms with van der Waals surface area (Å²) in [5, 5.41) is 2.72. The monoisotopic (exact) mass is 530 g/mol. The molecular weight excluding hydrogens is 500 g/mol. The highest BCUT2D eigenvalue weighted by atomic mass is 32.2. The molecule has 2 N–H and O–H groups in total. The van der Waals surface area contributed by atoms with Crippen molar-refractivity contribution in [2.45, 2.75) is 51.9 Å². The molecule has 36 heavy (non-hydrogen) atoms. The van der Waals surface area contributed by atoms with Gasteiger partial charge < -0.3 is 10.2 Å². The largest absolute Gasteiger partial charge is 0.433 e. The number of nitrogens with zero attached hydrogens (tertiary/aromatic N) is 2. The standard InChI is InChI=1S/C24H30F4N4O3S/c1-15-8-10-32(11-9-15)22-19(6-7-21(31-22)24(26,27)28)13-29-23(33)16(2)17-4-5-18(20(25)12-17)14-30-36(3,34)35/h4-7,12,15-16,30H,8-11,13-14H2,1-3H3,(H,29,33). The van der Waals surface area contributed by atoms with E-state index in [0.29, 0.717) is 30.1 Å². The van der Waals surface area contributed by atoms with Crippen LogP contribution in [-0.4, -0.2) is 38.7 Å². The van der Waals surface area contributed by atoms with E-state index in [1.165, 1.54) is 24.3 Å². The molecule has 1 aromatic carbocycles. The van der Waals surface area contributed by atoms with Gasteiger partial charge in [-0.2, -0.15) is 13.2 Å². The highest BCUT2D eigenvalue weighted by Crippen LogP contribution is 2.32. The molecule has 0 spiro atoms. The summed E-state index contributed by atoms with van der Waals surface area (Å²) in [6, 6.07) is 6.34. The molecule has 1 aliphatic heterocycles. The van der Waals surface area contributed by atoms with Gasteiger partial charge in [0.25, 0.3) is 0 Å². The van der Waals surface area contributed by atoms with Gasteiger partial charge >= 0.3 is 6.18 Å². The molecule has 1 aromatic heterocycles. The lowest BCUT2D eigenvalue weighted by atomic mass is 9.98. The van der Waals surface area contributed by atoms with E-state index in [1.807, 2.05) is 4.90 Å². The van der Waals surface area contributed by atoms with E-state index in [0.717, 1.165) is 25.2 Å². The number of halogens is 4. The molecule has 2 aromatic rings. The molecule has 2 heterocycles. The maximum Gasteiger partial charge on any atom is 0.433 e. The van der Waals surface area contributed by atoms with Crippen LogP contribution >= 0.6 is 0 Å². The Labute approximate surface area is 208 Å². The fourth-order valence-corrected chi connectivity index (χ4v) is 4.36. The topological polar surface area (TPSA) is 91.4 Å². The minimum atomic E-state index is -4.58. The van der Waals surface area contributed by atoms with Crippen molar-refractivity contribution in [1.29, 1.82) is 0 Å². The first-order valence-corrected chi connectivity index (χ1v) is 13.5. The van der Waals surface area contributed by atoms with E-state index in [4.69, 9.17) is 0 Å². The Morgan fingerprint density at radius 2 is 1.78 bits per heavy atom. The average molecular weight is 531 g/mol. The first kappa shape index (κ1) is 27.9. The number of aromatic nitrogens is 1. The first-order valence-electron chi connectivity index (χ1n) is 11.6. The number of nitrogens with one attached hydrogen (secondary N) is 2. The van der Waals surface area contributed by atoms with Crippen molar-refractivity contribution in [2.24, 2.45) is 5.92 Å². The van der Waals surface area contributed by atoms with Crippen LogP contribution in [-0.2, 0) is 34.1 Å². The van der Waals surface area contributed by atoms with Gasteiger partial charge in [0, 0.05) is 37.3 Å². The number of carbonyl (C=O) groups is 1. The van der Waals surface area contributed by atoms with Gasteiger partial charge in [-0.1, -0.05) is 25.1 Å². The van der Waals surface area contributed by atoms with E-state index >= 15 is 0 Å². The van der Waals surface area contributed by atoms with Crippen LogP contribution in [0, 0.1) is 11.7 Å². The van der Waals surface area contributed by atoms with E-state index in [2.05, 4.69) is 21.9 Å². The number of hydrogen-bond acceptors (Lipinski definition) is 5. The quantitative estimate of drug-likeness (QED) is 0.505. The molecule has 1 atom stereocenters. The number of piperidine rings is 1. The summed E-state index contributed by atoms with van der Waals surface area (Å²) in [5.41, 5.74) is -0.0102. The van der Waals surface area contributed by atoms with Crippen LogP contribution in [0.1, 0.15) is 55.0 Å². The van der Waals surface area contributed by atoms with Crippen LogP contribution in [0.5, 0.6) is 0 Å². The van der Waals surface area contributed by atoms with E-state index in [-0.39, 0.29) is 24.5 Å². The molecular formula is C24H30F4N4O3S. The second-order valence-corrected chi connectivity index (χ2v) is 11.1. The predicted octanol–water partition coefficient (Wildman–Crippen LogP) is 3.94. The molecule has 0 radical (unpaired) electrons. The number of carbonyl (C=O) groups excluding carboxylic acids is 1. The predicted molar refractivity (Wildman–Crippen MR) is 128 cm³/mol. The highest BCUT2D eigenvalue weighted by molar-refractivity contribution is 7.88. The summed E-state index contributed by atoms with van der Waals surface area (Å²) < 4.78 is 79.0. The van der Waals surface area contributed by atoms with Crippen molar-refractivity contribution in [3.8, 4) is 0 Å². The van der Waals surface area contributed by atoms with E-state index in [1.54, 1.807) is 6.92 Å². The minimum absolute atomic E-state index is 0.0332. The Morgan fingerprint density at radius 1 is 1.14 bits per heavy atom. The molecule has 1 aliphatic rings. The number of pyridine rings is 1. The molecule has 0 saturated carbocycles. The third-order valence-electron chi connectivity index (χ3n) is 6.28. The van der Waals surface area contributed by atoms with Crippen molar-refractivity contribution in [3.63, 3.8) is 0 Å². The zero-order valence-corrected chi connectivity index (χ0v) is 21.1. The van der Waals surface area contributed by atoms with Gasteiger partial charge in [-0.3, -0.25) is 4.79 Å². The van der Waals surface area contributed by atoms with Gasteiger partial charge in [0.15, 0.2) is 0 Å². The Hall–Kier alpha value is -2.73. The number of hydrogen-bond donors (Lipinski definition) is 2. The number of anilines is 1. The molecule has 12 heteroatoms. The van der Waals surface area contributed by atoms with Crippen LogP contribution in [0.2, 0.25) is 0 Å². The Morgan fingerprint density at radius 3 is 2.36 bits per heavy atom. The summed E-state index contributed by atoms with van der Waals surface area (Å²) in [6.07, 6.45) is -1.94. The van der Waals surface area contributed by atoms with Crippen molar-refractivity contribution >= 4 is 21.7 Å². The third-order valence-corrected chi connectivity index (χ3v) is 6.95. The Kier molecular flexibility index (Phi) is 8.60. The molecule has 7 nitrogen and oxygen atoms in total. The maximum absolute atomic E-state index is 14.4. The smallest absolute Gasteiger partial charge is 0.356 e. The van der Waals surface area contributed by atoms with Crippen LogP contribution in [0.3, 0.4) is 0 Å². The number of alkyl halides is 3. The van der Waals surface area contributed by atoms with Gasteiger partial charge in [-0.15, -0.1) is 0 Å². The van der Waals surface area contributed by atoms with Crippen molar-refractivity contribution in [1.82, 2.24) is 15.0 Å². The van der Waals surface area contributed by atoms with E-state index < -0.39 is 39.5 Å². The molecule has 198 valence electrons. The molecule has 0 aliphatic carbocycles. The molecule has 1 amide bonds. The first-order chi connectivity index (χ1) is 16.7. The Balaban J connectivity index is 1.72. The minimum Gasteiger partial charge on any atom is -0.356 e. The van der Waals surface area contributed by atoms with Crippen LogP contribution in [0.15, 0.2) is 30.3 Å². The SMILES string of the molecule is CC1CCN(c2nc(C(F)(F)F)ccc2CNC(=O)C(C)c2ccc(CNS(C)(=O)=O)c(F)c2)CC1. The fourth-order valence-electron chi connectivity index (χ4n) is 3.94. The lowest BCUT2D eigenvalue weighted by Crippen LogP contribution is -2.35. The van der Waals surface area contributed by atoms with Crippen molar-refractivity contribution < 1.29 is 30.8 Å². The van der Waals surface area contributed by atoms with Crippen LogP contribution in [0.4, 0.5) is 23.4 Å². The van der Waals surface area contributed by atoms with Gasteiger partial charge in [0.1, 0.15) is 17.3 Å². The molecule has 1 fully saturated rings. The summed E-state index contributed by atoms with van der Waals surface area (Å²) in [7, 11) is -3.49. The summed E-state index contributed by atoms with van der Waals surface area (Å²) in [5.74, 6) is -1.16. The molecule has 3 rings (SSSR count). The van der Waals surface area contributed by atoms with Crippen molar-refractivity contribution in [2.75, 3.05) is 24.2 Å². The highest BCUT2D eigenvalue weighted by Gasteiger charge is 2.34. The van der Waals surface area contributed by atoms with Gasteiger partial charge in [-0.25, -0.2) is 22.5 Å². The second kappa shape index (κ2) is 11.1. The number of rotatable bonds is 8. The summed E-state index contributed by atoms with van der Waals surface area (Å²) in [6.45, 7) is 4.58. The van der Waals surface area contributed by atoms with Gasteiger partial charge in [0.2, 0.25) is 15.9 Å². The third kappa shape index (κ3) is 7.39. The van der Waals surface area contributed by atoms with Gasteiger partial charge in [-0.05, 0) is 43.4 Å². The number of benzene rings is 1. The van der Waals surface area contributed by atoms with E-state index in [9.17, 15) is 30.8 Å². The van der Waals surface area contributed by atoms with Gasteiger partial charge in [0.05, 0.1) is 12.2 Å². The zero-order valence-electron chi connectivity index (χ0n) is 20.3. The molecule has 1 unspecified atom stereocenters. The fraction of sp³-hybridized carbons (Fsp3) is 0.500. The molecule has 0 bridgehead atoms. The summed E-state index contributed by atoms with van der Waals surface area (Å²) in [4.78, 5) is 18.5.